The van der Waals surface area contributed by atoms with Crippen LogP contribution in [0.5, 0.6) is 0 Å². The summed E-state index contributed by atoms with van der Waals surface area (Å²) in [6.45, 7) is 4.89. The number of benzene rings is 1. The summed E-state index contributed by atoms with van der Waals surface area (Å²) < 4.78 is 5.58. The maximum absolute atomic E-state index is 5.58. The Morgan fingerprint density at radius 1 is 1.06 bits per heavy atom. The number of hydrogen-bond donors (Lipinski definition) is 2. The molecule has 0 heterocycles. The lowest BCUT2D eigenvalue weighted by Gasteiger charge is -2.08. The highest BCUT2D eigenvalue weighted by atomic mass is 16.5. The minimum Gasteiger partial charge on any atom is -0.384 e. The van der Waals surface area contributed by atoms with Crippen LogP contribution in [0.2, 0.25) is 0 Å². The number of hydrogen-bond acceptors (Lipinski definition) is 3. The summed E-state index contributed by atoms with van der Waals surface area (Å²) in [7, 11) is 0. The van der Waals surface area contributed by atoms with Crippen molar-refractivity contribution in [2.24, 2.45) is 5.92 Å². The third-order valence-electron chi connectivity index (χ3n) is 3.10. The molecule has 0 aromatic heterocycles. The van der Waals surface area contributed by atoms with Gasteiger partial charge in [-0.2, -0.15) is 0 Å². The van der Waals surface area contributed by atoms with Gasteiger partial charge in [0, 0.05) is 32.0 Å². The van der Waals surface area contributed by atoms with Crippen LogP contribution in [0.1, 0.15) is 19.3 Å². The minimum atomic E-state index is 0.882. The zero-order valence-corrected chi connectivity index (χ0v) is 11.0. The van der Waals surface area contributed by atoms with Gasteiger partial charge in [-0.3, -0.25) is 0 Å². The lowest BCUT2D eigenvalue weighted by Crippen LogP contribution is -2.24. The van der Waals surface area contributed by atoms with Crippen LogP contribution in [-0.2, 0) is 4.74 Å². The van der Waals surface area contributed by atoms with E-state index in [0.717, 1.165) is 45.2 Å². The summed E-state index contributed by atoms with van der Waals surface area (Å²) >= 11 is 0. The second-order valence-electron chi connectivity index (χ2n) is 4.91. The molecule has 0 radical (unpaired) electrons. The molecule has 2 N–H and O–H groups in total. The van der Waals surface area contributed by atoms with Crippen LogP contribution in [0.4, 0.5) is 5.69 Å². The Morgan fingerprint density at radius 2 is 1.89 bits per heavy atom. The first-order valence-electron chi connectivity index (χ1n) is 7.02. The van der Waals surface area contributed by atoms with Crippen LogP contribution in [0.3, 0.4) is 0 Å². The lowest BCUT2D eigenvalue weighted by atomic mass is 10.3. The SMILES string of the molecule is c1ccc(NCCNCCCOCC2CC2)cc1. The van der Waals surface area contributed by atoms with E-state index in [2.05, 4.69) is 22.8 Å². The maximum Gasteiger partial charge on any atom is 0.0494 e. The Kier molecular flexibility index (Phi) is 6.03. The van der Waals surface area contributed by atoms with Crippen molar-refractivity contribution in [1.29, 1.82) is 0 Å². The average molecular weight is 248 g/mol. The summed E-state index contributed by atoms with van der Waals surface area (Å²) in [6, 6.07) is 10.3. The molecule has 0 unspecified atom stereocenters. The van der Waals surface area contributed by atoms with Crippen molar-refractivity contribution in [2.45, 2.75) is 19.3 Å². The molecule has 0 saturated heterocycles. The second-order valence-corrected chi connectivity index (χ2v) is 4.91. The fraction of sp³-hybridized carbons (Fsp3) is 0.600. The lowest BCUT2D eigenvalue weighted by molar-refractivity contribution is 0.122. The highest BCUT2D eigenvalue weighted by molar-refractivity contribution is 5.42. The Labute approximate surface area is 110 Å². The molecule has 0 aliphatic heterocycles. The van der Waals surface area contributed by atoms with Crippen molar-refractivity contribution in [3.8, 4) is 0 Å². The second kappa shape index (κ2) is 8.11. The molecule has 3 nitrogen and oxygen atoms in total. The first-order chi connectivity index (χ1) is 8.95. The van der Waals surface area contributed by atoms with Gasteiger partial charge in [0.1, 0.15) is 0 Å². The van der Waals surface area contributed by atoms with E-state index in [4.69, 9.17) is 4.74 Å². The van der Waals surface area contributed by atoms with E-state index < -0.39 is 0 Å². The number of para-hydroxylation sites is 1. The summed E-state index contributed by atoms with van der Waals surface area (Å²) in [5.74, 6) is 0.882. The van der Waals surface area contributed by atoms with Crippen LogP contribution in [0.15, 0.2) is 30.3 Å². The van der Waals surface area contributed by atoms with Gasteiger partial charge in [-0.1, -0.05) is 18.2 Å². The standard InChI is InChI=1S/C15H24N2O/c1-2-5-15(6-3-1)17-11-10-16-9-4-12-18-13-14-7-8-14/h1-3,5-6,14,16-17H,4,7-13H2. The van der Waals surface area contributed by atoms with Crippen molar-refractivity contribution in [2.75, 3.05) is 38.2 Å². The Balaban J connectivity index is 1.35. The molecule has 0 spiro atoms. The molecule has 1 aromatic rings. The van der Waals surface area contributed by atoms with Gasteiger partial charge in [-0.15, -0.1) is 0 Å². The maximum atomic E-state index is 5.58. The summed E-state index contributed by atoms with van der Waals surface area (Å²) in [6.07, 6.45) is 3.87. The summed E-state index contributed by atoms with van der Waals surface area (Å²) in [4.78, 5) is 0. The van der Waals surface area contributed by atoms with E-state index in [1.54, 1.807) is 0 Å². The first-order valence-corrected chi connectivity index (χ1v) is 7.02. The van der Waals surface area contributed by atoms with Gasteiger partial charge in [-0.25, -0.2) is 0 Å². The van der Waals surface area contributed by atoms with Crippen molar-refractivity contribution in [1.82, 2.24) is 5.32 Å². The quantitative estimate of drug-likeness (QED) is 0.624. The van der Waals surface area contributed by atoms with Crippen LogP contribution < -0.4 is 10.6 Å². The molecule has 0 amide bonds. The molecule has 1 fully saturated rings. The van der Waals surface area contributed by atoms with Gasteiger partial charge in [-0.05, 0) is 43.9 Å². The Bertz CT molecular complexity index is 312. The molecule has 100 valence electrons. The first kappa shape index (κ1) is 13.4. The smallest absolute Gasteiger partial charge is 0.0494 e. The third-order valence-corrected chi connectivity index (χ3v) is 3.10. The Morgan fingerprint density at radius 3 is 2.67 bits per heavy atom. The molecule has 1 aliphatic carbocycles. The average Bonchev–Trinajstić information content (AvgIpc) is 3.22. The largest absolute Gasteiger partial charge is 0.384 e. The third kappa shape index (κ3) is 6.03. The monoisotopic (exact) mass is 248 g/mol. The van der Waals surface area contributed by atoms with Crippen LogP contribution in [0, 0.1) is 5.92 Å². The predicted octanol–water partition coefficient (Wildman–Crippen LogP) is 2.50. The molecule has 1 saturated carbocycles. The zero-order chi connectivity index (χ0) is 12.5. The molecular formula is C15H24N2O. The summed E-state index contributed by atoms with van der Waals surface area (Å²) in [5, 5.41) is 6.79. The van der Waals surface area contributed by atoms with E-state index in [-0.39, 0.29) is 0 Å². The zero-order valence-electron chi connectivity index (χ0n) is 11.0. The highest BCUT2D eigenvalue weighted by Gasteiger charge is 2.20. The van der Waals surface area contributed by atoms with E-state index in [1.807, 2.05) is 18.2 Å². The van der Waals surface area contributed by atoms with Crippen LogP contribution >= 0.6 is 0 Å². The minimum absolute atomic E-state index is 0.882. The molecule has 1 aliphatic rings. The van der Waals surface area contributed by atoms with Crippen LogP contribution in [0.25, 0.3) is 0 Å². The van der Waals surface area contributed by atoms with Gasteiger partial charge in [0.05, 0.1) is 0 Å². The Hall–Kier alpha value is -1.06. The number of nitrogens with one attached hydrogen (secondary N) is 2. The van der Waals surface area contributed by atoms with Crippen LogP contribution in [-0.4, -0.2) is 32.8 Å². The van der Waals surface area contributed by atoms with Gasteiger partial charge in [0.2, 0.25) is 0 Å². The van der Waals surface area contributed by atoms with E-state index >= 15 is 0 Å². The number of anilines is 1. The van der Waals surface area contributed by atoms with E-state index in [0.29, 0.717) is 0 Å². The van der Waals surface area contributed by atoms with E-state index in [1.165, 1.54) is 18.5 Å². The highest BCUT2D eigenvalue weighted by Crippen LogP contribution is 2.28. The molecule has 0 atom stereocenters. The topological polar surface area (TPSA) is 33.3 Å². The fourth-order valence-corrected chi connectivity index (χ4v) is 1.81. The van der Waals surface area contributed by atoms with Gasteiger partial charge in [0.15, 0.2) is 0 Å². The van der Waals surface area contributed by atoms with Gasteiger partial charge < -0.3 is 15.4 Å². The number of rotatable bonds is 10. The summed E-state index contributed by atoms with van der Waals surface area (Å²) in [5.41, 5.74) is 1.19. The fourth-order valence-electron chi connectivity index (χ4n) is 1.81. The van der Waals surface area contributed by atoms with Gasteiger partial charge in [0.25, 0.3) is 0 Å². The molecular weight excluding hydrogens is 224 g/mol. The van der Waals surface area contributed by atoms with Crippen molar-refractivity contribution in [3.05, 3.63) is 30.3 Å². The normalized spacial score (nSPS) is 14.7. The molecule has 18 heavy (non-hydrogen) atoms. The molecule has 0 bridgehead atoms. The van der Waals surface area contributed by atoms with Crippen molar-refractivity contribution < 1.29 is 4.74 Å². The predicted molar refractivity (Wildman–Crippen MR) is 76.0 cm³/mol. The molecule has 3 heteroatoms. The van der Waals surface area contributed by atoms with Crippen molar-refractivity contribution in [3.63, 3.8) is 0 Å². The van der Waals surface area contributed by atoms with E-state index in [9.17, 15) is 0 Å². The van der Waals surface area contributed by atoms with Gasteiger partial charge >= 0.3 is 0 Å². The van der Waals surface area contributed by atoms with Crippen molar-refractivity contribution >= 4 is 5.69 Å². The number of ether oxygens (including phenoxy) is 1. The molecule has 2 rings (SSSR count). The molecule has 1 aromatic carbocycles.